The van der Waals surface area contributed by atoms with Gasteiger partial charge in [-0.15, -0.1) is 0 Å². The summed E-state index contributed by atoms with van der Waals surface area (Å²) in [4.78, 5) is 22.5. The molecule has 1 aromatic carbocycles. The van der Waals surface area contributed by atoms with Crippen LogP contribution in [0.3, 0.4) is 0 Å². The normalized spacial score (nSPS) is 14.6. The number of carbonyl (C=O) groups excluding carboxylic acids is 2. The third-order valence-electron chi connectivity index (χ3n) is 2.39. The minimum Gasteiger partial charge on any atom is -0.393 e. The minimum absolute atomic E-state index is 0.00125. The molecule has 0 bridgehead atoms. The van der Waals surface area contributed by atoms with Gasteiger partial charge < -0.3 is 4.74 Å². The van der Waals surface area contributed by atoms with Crippen molar-refractivity contribution in [3.8, 4) is 0 Å². The predicted molar refractivity (Wildman–Crippen MR) is 53.9 cm³/mol. The lowest BCUT2D eigenvalue weighted by Gasteiger charge is -2.02. The first kappa shape index (κ1) is 10.8. The Kier molecular flexibility index (Phi) is 2.99. The van der Waals surface area contributed by atoms with E-state index in [2.05, 4.69) is 4.74 Å². The number of halogens is 1. The van der Waals surface area contributed by atoms with Crippen LogP contribution in [-0.4, -0.2) is 11.9 Å². The van der Waals surface area contributed by atoms with Crippen molar-refractivity contribution in [1.29, 1.82) is 0 Å². The van der Waals surface area contributed by atoms with Crippen molar-refractivity contribution in [2.24, 2.45) is 5.92 Å². The molecule has 16 heavy (non-hydrogen) atoms. The van der Waals surface area contributed by atoms with Crippen molar-refractivity contribution in [2.45, 2.75) is 19.3 Å². The Morgan fingerprint density at radius 3 is 2.44 bits per heavy atom. The number of ether oxygens (including phenoxy) is 1. The van der Waals surface area contributed by atoms with E-state index in [1.165, 1.54) is 24.3 Å². The quantitative estimate of drug-likeness (QED) is 0.579. The number of carbonyl (C=O) groups is 2. The highest BCUT2D eigenvalue weighted by molar-refractivity contribution is 5.88. The topological polar surface area (TPSA) is 43.4 Å². The second kappa shape index (κ2) is 4.43. The van der Waals surface area contributed by atoms with Crippen LogP contribution in [0.4, 0.5) is 4.39 Å². The fraction of sp³-hybridized carbons (Fsp3) is 0.333. The Bertz CT molecular complexity index is 407. The Labute approximate surface area is 92.2 Å². The number of rotatable bonds is 3. The number of hydrogen-bond acceptors (Lipinski definition) is 3. The van der Waals surface area contributed by atoms with Crippen LogP contribution < -0.4 is 0 Å². The third kappa shape index (κ3) is 2.89. The molecule has 1 aliphatic carbocycles. The van der Waals surface area contributed by atoms with E-state index in [4.69, 9.17) is 0 Å². The fourth-order valence-corrected chi connectivity index (χ4v) is 1.32. The second-order valence-electron chi connectivity index (χ2n) is 3.87. The molecule has 0 aliphatic heterocycles. The van der Waals surface area contributed by atoms with Crippen LogP contribution >= 0.6 is 0 Å². The monoisotopic (exact) mass is 222 g/mol. The Balaban J connectivity index is 1.86. The predicted octanol–water partition coefficient (Wildman–Crippen LogP) is 1.85. The lowest BCUT2D eigenvalue weighted by atomic mass is 10.1. The van der Waals surface area contributed by atoms with Crippen LogP contribution in [0.25, 0.3) is 0 Å². The molecule has 84 valence electrons. The van der Waals surface area contributed by atoms with Crippen molar-refractivity contribution in [3.05, 3.63) is 35.6 Å². The number of esters is 2. The van der Waals surface area contributed by atoms with Gasteiger partial charge in [-0.05, 0) is 30.5 Å². The van der Waals surface area contributed by atoms with Crippen molar-refractivity contribution in [1.82, 2.24) is 0 Å². The molecule has 0 saturated heterocycles. The first-order valence-electron chi connectivity index (χ1n) is 5.14. The molecule has 1 aromatic rings. The third-order valence-corrected chi connectivity index (χ3v) is 2.39. The summed E-state index contributed by atoms with van der Waals surface area (Å²) in [6.07, 6.45) is 1.62. The van der Waals surface area contributed by atoms with Crippen LogP contribution in [0, 0.1) is 11.7 Å². The molecular formula is C12H11FO3. The first-order valence-corrected chi connectivity index (χ1v) is 5.14. The van der Waals surface area contributed by atoms with E-state index in [-0.39, 0.29) is 18.2 Å². The molecule has 0 heterocycles. The van der Waals surface area contributed by atoms with E-state index in [1.54, 1.807) is 0 Å². The highest BCUT2D eigenvalue weighted by Crippen LogP contribution is 2.30. The van der Waals surface area contributed by atoms with E-state index in [1.807, 2.05) is 0 Å². The van der Waals surface area contributed by atoms with Crippen LogP contribution in [-0.2, 0) is 20.7 Å². The van der Waals surface area contributed by atoms with Gasteiger partial charge >= 0.3 is 11.9 Å². The van der Waals surface area contributed by atoms with Crippen LogP contribution in [0.15, 0.2) is 24.3 Å². The van der Waals surface area contributed by atoms with Crippen molar-refractivity contribution in [2.75, 3.05) is 0 Å². The van der Waals surface area contributed by atoms with Gasteiger partial charge in [-0.1, -0.05) is 12.1 Å². The van der Waals surface area contributed by atoms with Crippen molar-refractivity contribution < 1.29 is 18.7 Å². The minimum atomic E-state index is -0.580. The van der Waals surface area contributed by atoms with E-state index in [9.17, 15) is 14.0 Å². The largest absolute Gasteiger partial charge is 0.393 e. The van der Waals surface area contributed by atoms with E-state index in [0.717, 1.165) is 12.8 Å². The highest BCUT2D eigenvalue weighted by atomic mass is 19.1. The van der Waals surface area contributed by atoms with Crippen molar-refractivity contribution >= 4 is 11.9 Å². The van der Waals surface area contributed by atoms with Gasteiger partial charge in [0.05, 0.1) is 12.3 Å². The zero-order valence-electron chi connectivity index (χ0n) is 8.61. The lowest BCUT2D eigenvalue weighted by Crippen LogP contribution is -2.15. The van der Waals surface area contributed by atoms with Crippen molar-refractivity contribution in [3.63, 3.8) is 0 Å². The zero-order valence-corrected chi connectivity index (χ0v) is 8.61. The number of hydrogen-bond donors (Lipinski definition) is 0. The van der Waals surface area contributed by atoms with Gasteiger partial charge in [0.25, 0.3) is 0 Å². The molecule has 4 heteroatoms. The first-order chi connectivity index (χ1) is 7.65. The van der Waals surface area contributed by atoms with Crippen LogP contribution in [0.1, 0.15) is 18.4 Å². The zero-order chi connectivity index (χ0) is 11.5. The summed E-state index contributed by atoms with van der Waals surface area (Å²) < 4.78 is 17.2. The van der Waals surface area contributed by atoms with Crippen LogP contribution in [0.5, 0.6) is 0 Å². The van der Waals surface area contributed by atoms with Crippen LogP contribution in [0.2, 0.25) is 0 Å². The smallest absolute Gasteiger partial charge is 0.317 e. The maximum absolute atomic E-state index is 12.6. The SMILES string of the molecule is O=C(Cc1ccc(F)cc1)OC(=O)C1CC1. The van der Waals surface area contributed by atoms with Gasteiger partial charge in [-0.2, -0.15) is 0 Å². The van der Waals surface area contributed by atoms with Gasteiger partial charge in [0, 0.05) is 0 Å². The number of benzene rings is 1. The molecule has 2 rings (SSSR count). The molecule has 0 spiro atoms. The maximum Gasteiger partial charge on any atom is 0.317 e. The summed E-state index contributed by atoms with van der Waals surface area (Å²) in [5, 5.41) is 0. The Morgan fingerprint density at radius 2 is 1.88 bits per heavy atom. The summed E-state index contributed by atoms with van der Waals surface area (Å²) in [6, 6.07) is 5.53. The standard InChI is InChI=1S/C12H11FO3/c13-10-5-1-8(2-6-10)7-11(14)16-12(15)9-3-4-9/h1-2,5-6,9H,3-4,7H2. The van der Waals surface area contributed by atoms with E-state index >= 15 is 0 Å². The van der Waals surface area contributed by atoms with Gasteiger partial charge in [0.1, 0.15) is 5.82 Å². The molecule has 0 N–H and O–H groups in total. The lowest BCUT2D eigenvalue weighted by molar-refractivity contribution is -0.160. The van der Waals surface area contributed by atoms with E-state index < -0.39 is 11.9 Å². The second-order valence-corrected chi connectivity index (χ2v) is 3.87. The Morgan fingerprint density at radius 1 is 1.25 bits per heavy atom. The van der Waals surface area contributed by atoms with Gasteiger partial charge in [0.15, 0.2) is 0 Å². The molecule has 0 atom stereocenters. The molecule has 0 radical (unpaired) electrons. The summed E-state index contributed by atoms with van der Waals surface area (Å²) in [7, 11) is 0. The molecule has 0 aromatic heterocycles. The summed E-state index contributed by atoms with van der Waals surface area (Å²) in [5.74, 6) is -1.46. The average Bonchev–Trinajstić information content (AvgIpc) is 3.04. The molecule has 1 saturated carbocycles. The molecule has 3 nitrogen and oxygen atoms in total. The summed E-state index contributed by atoms with van der Waals surface area (Å²) in [5.41, 5.74) is 0.634. The van der Waals surface area contributed by atoms with Gasteiger partial charge in [-0.25, -0.2) is 4.39 Å². The molecular weight excluding hydrogens is 211 g/mol. The summed E-state index contributed by atoms with van der Waals surface area (Å²) >= 11 is 0. The maximum atomic E-state index is 12.6. The average molecular weight is 222 g/mol. The highest BCUT2D eigenvalue weighted by Gasteiger charge is 2.32. The summed E-state index contributed by atoms with van der Waals surface area (Å²) in [6.45, 7) is 0. The molecule has 0 amide bonds. The molecule has 1 fully saturated rings. The molecule has 1 aliphatic rings. The Hall–Kier alpha value is -1.71. The van der Waals surface area contributed by atoms with Gasteiger partial charge in [0.2, 0.25) is 0 Å². The van der Waals surface area contributed by atoms with Gasteiger partial charge in [-0.3, -0.25) is 9.59 Å². The molecule has 0 unspecified atom stereocenters. The van der Waals surface area contributed by atoms with E-state index in [0.29, 0.717) is 5.56 Å². The fourth-order valence-electron chi connectivity index (χ4n) is 1.32.